The summed E-state index contributed by atoms with van der Waals surface area (Å²) >= 11 is 0. The van der Waals surface area contributed by atoms with Gasteiger partial charge in [-0.2, -0.15) is 5.11 Å². The van der Waals surface area contributed by atoms with Gasteiger partial charge in [-0.1, -0.05) is 42.5 Å². The second-order valence-electron chi connectivity index (χ2n) is 5.41. The van der Waals surface area contributed by atoms with Crippen LogP contribution < -0.4 is 5.32 Å². The number of fused-ring (bicyclic) bond motifs is 1. The number of phenols is 1. The Morgan fingerprint density at radius 3 is 2.50 bits per heavy atom. The van der Waals surface area contributed by atoms with Crippen molar-refractivity contribution in [2.75, 3.05) is 7.05 Å². The van der Waals surface area contributed by atoms with Gasteiger partial charge in [-0.15, -0.1) is 5.11 Å². The van der Waals surface area contributed by atoms with Gasteiger partial charge in [0.1, 0.15) is 5.69 Å². The van der Waals surface area contributed by atoms with Gasteiger partial charge in [0.05, 0.1) is 11.3 Å². The van der Waals surface area contributed by atoms with E-state index in [2.05, 4.69) is 15.5 Å². The molecule has 3 rings (SSSR count). The second kappa shape index (κ2) is 6.50. The van der Waals surface area contributed by atoms with Crippen LogP contribution in [0, 0.1) is 6.92 Å². The molecule has 0 radical (unpaired) electrons. The van der Waals surface area contributed by atoms with Crippen LogP contribution in [0.2, 0.25) is 0 Å². The quantitative estimate of drug-likeness (QED) is 0.691. The summed E-state index contributed by atoms with van der Waals surface area (Å²) in [4.78, 5) is 12.0. The maximum Gasteiger partial charge on any atom is 0.254 e. The van der Waals surface area contributed by atoms with Gasteiger partial charge in [0.15, 0.2) is 5.75 Å². The fourth-order valence-corrected chi connectivity index (χ4v) is 2.51. The van der Waals surface area contributed by atoms with Gasteiger partial charge in [0.2, 0.25) is 0 Å². The average molecular weight is 319 g/mol. The van der Waals surface area contributed by atoms with E-state index >= 15 is 0 Å². The Balaban J connectivity index is 2.20. The number of benzene rings is 3. The molecular weight excluding hydrogens is 302 g/mol. The summed E-state index contributed by atoms with van der Waals surface area (Å²) in [5.74, 6) is -0.545. The molecule has 0 aliphatic rings. The number of carbonyl (C=O) groups excluding carboxylic acids is 1. The van der Waals surface area contributed by atoms with E-state index in [0.717, 1.165) is 16.3 Å². The molecule has 3 aromatic carbocycles. The van der Waals surface area contributed by atoms with Crippen LogP contribution in [0.1, 0.15) is 15.9 Å². The number of nitrogens with zero attached hydrogens (tertiary/aromatic N) is 2. The number of hydrogen-bond donors (Lipinski definition) is 2. The Labute approximate surface area is 139 Å². The first-order chi connectivity index (χ1) is 11.6. The molecule has 0 saturated heterocycles. The van der Waals surface area contributed by atoms with Crippen molar-refractivity contribution in [3.05, 3.63) is 65.7 Å². The molecule has 2 N–H and O–H groups in total. The molecule has 0 bridgehead atoms. The predicted molar refractivity (Wildman–Crippen MR) is 94.4 cm³/mol. The van der Waals surface area contributed by atoms with Crippen LogP contribution >= 0.6 is 0 Å². The molecule has 0 heterocycles. The van der Waals surface area contributed by atoms with Crippen molar-refractivity contribution in [2.24, 2.45) is 10.2 Å². The normalized spacial score (nSPS) is 11.1. The lowest BCUT2D eigenvalue weighted by molar-refractivity contribution is 0.0960. The maximum absolute atomic E-state index is 12.0. The zero-order valence-corrected chi connectivity index (χ0v) is 13.4. The van der Waals surface area contributed by atoms with Gasteiger partial charge in [-0.3, -0.25) is 4.79 Å². The first-order valence-corrected chi connectivity index (χ1v) is 7.56. The number of aromatic hydroxyl groups is 1. The lowest BCUT2D eigenvalue weighted by Gasteiger charge is -2.09. The van der Waals surface area contributed by atoms with Gasteiger partial charge >= 0.3 is 0 Å². The van der Waals surface area contributed by atoms with Gasteiger partial charge in [-0.05, 0) is 30.0 Å². The van der Waals surface area contributed by atoms with Crippen LogP contribution in [0.3, 0.4) is 0 Å². The third kappa shape index (κ3) is 2.84. The van der Waals surface area contributed by atoms with Crippen LogP contribution in [0.5, 0.6) is 5.75 Å². The lowest BCUT2D eigenvalue weighted by Crippen LogP contribution is -2.17. The minimum atomic E-state index is -0.370. The molecule has 0 aromatic heterocycles. The van der Waals surface area contributed by atoms with Crippen molar-refractivity contribution in [2.45, 2.75) is 6.92 Å². The average Bonchev–Trinajstić information content (AvgIpc) is 2.61. The zero-order valence-electron chi connectivity index (χ0n) is 13.4. The summed E-state index contributed by atoms with van der Waals surface area (Å²) in [5, 5.41) is 23.1. The monoisotopic (exact) mass is 319 g/mol. The Bertz CT molecular complexity index is 948. The molecule has 5 heteroatoms. The summed E-state index contributed by atoms with van der Waals surface area (Å²) in [7, 11) is 1.52. The maximum atomic E-state index is 12.0. The molecule has 0 unspecified atom stereocenters. The highest BCUT2D eigenvalue weighted by Crippen LogP contribution is 2.39. The van der Waals surface area contributed by atoms with Crippen LogP contribution in [0.4, 0.5) is 11.4 Å². The molecule has 0 fully saturated rings. The number of azo groups is 1. The van der Waals surface area contributed by atoms with Gasteiger partial charge < -0.3 is 10.4 Å². The van der Waals surface area contributed by atoms with Gasteiger partial charge in [0, 0.05) is 12.4 Å². The van der Waals surface area contributed by atoms with Crippen molar-refractivity contribution in [3.8, 4) is 5.75 Å². The Morgan fingerprint density at radius 1 is 1.04 bits per heavy atom. The van der Waals surface area contributed by atoms with Crippen LogP contribution in [-0.2, 0) is 0 Å². The highest BCUT2D eigenvalue weighted by atomic mass is 16.3. The number of carbonyl (C=O) groups is 1. The molecule has 120 valence electrons. The van der Waals surface area contributed by atoms with Crippen molar-refractivity contribution >= 4 is 28.1 Å². The largest absolute Gasteiger partial charge is 0.505 e. The first kappa shape index (κ1) is 15.7. The molecule has 1 amide bonds. The molecule has 24 heavy (non-hydrogen) atoms. The standard InChI is InChI=1S/C19H17N3O2/c1-12-7-3-6-10-16(12)21-22-17-14-9-5-4-8-13(14)11-15(18(17)23)19(24)20-2/h3-11,23H,1-2H3,(H,20,24). The van der Waals surface area contributed by atoms with E-state index in [1.54, 1.807) is 6.07 Å². The number of aryl methyl sites for hydroxylation is 1. The SMILES string of the molecule is CNC(=O)c1cc2ccccc2c(N=Nc2ccccc2C)c1O. The van der Waals surface area contributed by atoms with Crippen LogP contribution in [0.15, 0.2) is 64.8 Å². The van der Waals surface area contributed by atoms with E-state index in [4.69, 9.17) is 0 Å². The topological polar surface area (TPSA) is 74.0 Å². The smallest absolute Gasteiger partial charge is 0.254 e. The van der Waals surface area contributed by atoms with Gasteiger partial charge in [-0.25, -0.2) is 0 Å². The fraction of sp³-hybridized carbons (Fsp3) is 0.105. The number of nitrogens with one attached hydrogen (secondary N) is 1. The highest BCUT2D eigenvalue weighted by Gasteiger charge is 2.17. The molecule has 0 aliphatic heterocycles. The van der Waals surface area contributed by atoms with E-state index in [9.17, 15) is 9.90 Å². The van der Waals surface area contributed by atoms with E-state index < -0.39 is 0 Å². The summed E-state index contributed by atoms with van der Waals surface area (Å²) < 4.78 is 0. The Kier molecular flexibility index (Phi) is 4.24. The molecule has 5 nitrogen and oxygen atoms in total. The van der Waals surface area contributed by atoms with E-state index in [1.807, 2.05) is 55.5 Å². The van der Waals surface area contributed by atoms with Crippen molar-refractivity contribution in [3.63, 3.8) is 0 Å². The zero-order chi connectivity index (χ0) is 17.1. The fourth-order valence-electron chi connectivity index (χ4n) is 2.51. The Morgan fingerprint density at radius 2 is 1.75 bits per heavy atom. The minimum absolute atomic E-state index is 0.176. The number of rotatable bonds is 3. The van der Waals surface area contributed by atoms with E-state index in [0.29, 0.717) is 5.69 Å². The number of amides is 1. The Hall–Kier alpha value is -3.21. The van der Waals surface area contributed by atoms with Crippen LogP contribution in [0.25, 0.3) is 10.8 Å². The molecule has 0 saturated carbocycles. The molecule has 3 aromatic rings. The second-order valence-corrected chi connectivity index (χ2v) is 5.41. The van der Waals surface area contributed by atoms with Crippen molar-refractivity contribution in [1.29, 1.82) is 0 Å². The summed E-state index contributed by atoms with van der Waals surface area (Å²) in [6.07, 6.45) is 0. The molecular formula is C19H17N3O2. The van der Waals surface area contributed by atoms with Crippen molar-refractivity contribution in [1.82, 2.24) is 5.32 Å². The van der Waals surface area contributed by atoms with Crippen LogP contribution in [-0.4, -0.2) is 18.1 Å². The number of hydrogen-bond acceptors (Lipinski definition) is 4. The van der Waals surface area contributed by atoms with E-state index in [-0.39, 0.29) is 22.9 Å². The van der Waals surface area contributed by atoms with Gasteiger partial charge in [0.25, 0.3) is 5.91 Å². The first-order valence-electron chi connectivity index (χ1n) is 7.56. The van der Waals surface area contributed by atoms with Crippen molar-refractivity contribution < 1.29 is 9.90 Å². The third-order valence-corrected chi connectivity index (χ3v) is 3.84. The predicted octanol–water partition coefficient (Wildman–Crippen LogP) is 4.63. The molecule has 0 spiro atoms. The summed E-state index contributed by atoms with van der Waals surface area (Å²) in [6, 6.07) is 16.7. The summed E-state index contributed by atoms with van der Waals surface area (Å²) in [5.41, 5.74) is 2.16. The lowest BCUT2D eigenvalue weighted by atomic mass is 10.0. The highest BCUT2D eigenvalue weighted by molar-refractivity contribution is 6.06. The summed E-state index contributed by atoms with van der Waals surface area (Å²) in [6.45, 7) is 1.94. The molecule has 0 aliphatic carbocycles. The van der Waals surface area contributed by atoms with E-state index in [1.165, 1.54) is 7.05 Å². The molecule has 0 atom stereocenters. The number of phenolic OH excluding ortho intramolecular Hbond substituents is 1. The third-order valence-electron chi connectivity index (χ3n) is 3.84. The minimum Gasteiger partial charge on any atom is -0.505 e.